The van der Waals surface area contributed by atoms with Crippen LogP contribution in [0.4, 0.5) is 4.39 Å². The van der Waals surface area contributed by atoms with Gasteiger partial charge in [0.2, 0.25) is 5.91 Å². The van der Waals surface area contributed by atoms with Crippen LogP contribution >= 0.6 is 11.6 Å². The summed E-state index contributed by atoms with van der Waals surface area (Å²) >= 11 is 5.88. The van der Waals surface area contributed by atoms with Gasteiger partial charge in [-0.25, -0.2) is 4.39 Å². The second-order valence-corrected chi connectivity index (χ2v) is 6.76. The minimum atomic E-state index is -0.239. The molecule has 2 aromatic rings. The highest BCUT2D eigenvalue weighted by atomic mass is 35.5. The lowest BCUT2D eigenvalue weighted by Crippen LogP contribution is -2.32. The predicted molar refractivity (Wildman–Crippen MR) is 94.4 cm³/mol. The lowest BCUT2D eigenvalue weighted by Gasteiger charge is -2.23. The summed E-state index contributed by atoms with van der Waals surface area (Å²) in [6.45, 7) is 0.372. The monoisotopic (exact) mass is 345 g/mol. The molecule has 24 heavy (non-hydrogen) atoms. The highest BCUT2D eigenvalue weighted by molar-refractivity contribution is 6.30. The van der Waals surface area contributed by atoms with Crippen molar-refractivity contribution in [3.8, 4) is 0 Å². The molecule has 0 bridgehead atoms. The molecular formula is C20H21ClFNO. The first-order valence-corrected chi connectivity index (χ1v) is 8.78. The summed E-state index contributed by atoms with van der Waals surface area (Å²) in [6.07, 6.45) is 4.18. The van der Waals surface area contributed by atoms with Crippen molar-refractivity contribution in [3.63, 3.8) is 0 Å². The Morgan fingerprint density at radius 2 is 1.83 bits per heavy atom. The van der Waals surface area contributed by atoms with E-state index in [0.29, 0.717) is 18.5 Å². The maximum Gasteiger partial charge on any atom is 0.223 e. The van der Waals surface area contributed by atoms with Crippen molar-refractivity contribution >= 4 is 17.5 Å². The van der Waals surface area contributed by atoms with Gasteiger partial charge in [-0.15, -0.1) is 0 Å². The van der Waals surface area contributed by atoms with E-state index in [-0.39, 0.29) is 17.8 Å². The van der Waals surface area contributed by atoms with E-state index < -0.39 is 0 Å². The van der Waals surface area contributed by atoms with Crippen LogP contribution in [-0.2, 0) is 17.8 Å². The van der Waals surface area contributed by atoms with E-state index >= 15 is 0 Å². The summed E-state index contributed by atoms with van der Waals surface area (Å²) in [7, 11) is 0. The van der Waals surface area contributed by atoms with Gasteiger partial charge in [0, 0.05) is 29.6 Å². The highest BCUT2D eigenvalue weighted by Crippen LogP contribution is 2.29. The van der Waals surface area contributed by atoms with Gasteiger partial charge in [-0.05, 0) is 49.4 Å². The number of aryl methyl sites for hydroxylation is 1. The topological polar surface area (TPSA) is 20.3 Å². The summed E-state index contributed by atoms with van der Waals surface area (Å²) in [5, 5.41) is 0.722. The van der Waals surface area contributed by atoms with Gasteiger partial charge >= 0.3 is 0 Å². The number of carbonyl (C=O) groups is 1. The van der Waals surface area contributed by atoms with Crippen molar-refractivity contribution in [1.29, 1.82) is 0 Å². The molecule has 0 N–H and O–H groups in total. The quantitative estimate of drug-likeness (QED) is 0.692. The molecular weight excluding hydrogens is 325 g/mol. The molecule has 4 heteroatoms. The summed E-state index contributed by atoms with van der Waals surface area (Å²) in [6, 6.07) is 14.7. The second kappa shape index (κ2) is 7.80. The van der Waals surface area contributed by atoms with Gasteiger partial charge in [-0.3, -0.25) is 4.79 Å². The van der Waals surface area contributed by atoms with Gasteiger partial charge < -0.3 is 4.90 Å². The van der Waals surface area contributed by atoms with Crippen molar-refractivity contribution in [2.24, 2.45) is 0 Å². The number of benzene rings is 2. The molecule has 0 saturated heterocycles. The Morgan fingerprint density at radius 1 is 1.12 bits per heavy atom. The smallest absolute Gasteiger partial charge is 0.223 e. The molecule has 0 heterocycles. The van der Waals surface area contributed by atoms with Crippen LogP contribution in [0.3, 0.4) is 0 Å². The molecule has 0 aromatic heterocycles. The van der Waals surface area contributed by atoms with E-state index in [0.717, 1.165) is 30.7 Å². The molecule has 1 aliphatic rings. The first-order chi connectivity index (χ1) is 11.6. The highest BCUT2D eigenvalue weighted by Gasteiger charge is 2.32. The molecule has 3 rings (SSSR count). The third-order valence-corrected chi connectivity index (χ3v) is 4.63. The summed E-state index contributed by atoms with van der Waals surface area (Å²) < 4.78 is 13.9. The Bertz CT molecular complexity index is 697. The maximum atomic E-state index is 13.9. The Labute approximate surface area is 147 Å². The van der Waals surface area contributed by atoms with Crippen LogP contribution in [0.15, 0.2) is 48.5 Å². The zero-order valence-corrected chi connectivity index (χ0v) is 14.3. The number of hydrogen-bond acceptors (Lipinski definition) is 1. The van der Waals surface area contributed by atoms with Crippen molar-refractivity contribution < 1.29 is 9.18 Å². The van der Waals surface area contributed by atoms with E-state index in [4.69, 9.17) is 11.6 Å². The fraction of sp³-hybridized carbons (Fsp3) is 0.350. The fourth-order valence-electron chi connectivity index (χ4n) is 2.86. The molecule has 1 saturated carbocycles. The van der Waals surface area contributed by atoms with E-state index in [2.05, 4.69) is 0 Å². The van der Waals surface area contributed by atoms with Crippen LogP contribution in [0.2, 0.25) is 5.02 Å². The summed E-state index contributed by atoms with van der Waals surface area (Å²) in [4.78, 5) is 14.4. The molecule has 0 atom stereocenters. The number of amides is 1. The molecule has 2 nitrogen and oxygen atoms in total. The number of hydrogen-bond donors (Lipinski definition) is 0. The van der Waals surface area contributed by atoms with Crippen LogP contribution in [-0.4, -0.2) is 16.8 Å². The molecule has 1 aliphatic carbocycles. The van der Waals surface area contributed by atoms with Crippen molar-refractivity contribution in [2.45, 2.75) is 44.7 Å². The van der Waals surface area contributed by atoms with Crippen LogP contribution in [0.1, 0.15) is 36.8 Å². The standard InChI is InChI=1S/C20H21ClFNO/c21-17-10-8-15(9-11-17)4-3-7-20(24)23(18-12-13-18)14-16-5-1-2-6-19(16)22/h1-2,5-6,8-11,18H,3-4,7,12-14H2. The lowest BCUT2D eigenvalue weighted by molar-refractivity contribution is -0.132. The summed E-state index contributed by atoms with van der Waals surface area (Å²) in [5.74, 6) is -0.119. The van der Waals surface area contributed by atoms with E-state index in [1.807, 2.05) is 35.2 Å². The van der Waals surface area contributed by atoms with E-state index in [9.17, 15) is 9.18 Å². The second-order valence-electron chi connectivity index (χ2n) is 6.32. The fourth-order valence-corrected chi connectivity index (χ4v) is 2.98. The normalized spacial score (nSPS) is 13.8. The molecule has 2 aromatic carbocycles. The SMILES string of the molecule is O=C(CCCc1ccc(Cl)cc1)N(Cc1ccccc1F)C1CC1. The van der Waals surface area contributed by atoms with Crippen molar-refractivity contribution in [1.82, 2.24) is 4.90 Å². The van der Waals surface area contributed by atoms with Gasteiger partial charge in [-0.2, -0.15) is 0 Å². The maximum absolute atomic E-state index is 13.9. The number of halogens is 2. The molecule has 0 radical (unpaired) electrons. The van der Waals surface area contributed by atoms with E-state index in [1.165, 1.54) is 11.6 Å². The zero-order chi connectivity index (χ0) is 16.9. The minimum Gasteiger partial charge on any atom is -0.335 e. The predicted octanol–water partition coefficient (Wildman–Crippen LogP) is 4.99. The third-order valence-electron chi connectivity index (χ3n) is 4.38. The van der Waals surface area contributed by atoms with Gasteiger partial charge in [0.05, 0.1) is 0 Å². The van der Waals surface area contributed by atoms with Crippen molar-refractivity contribution in [3.05, 3.63) is 70.5 Å². The number of carbonyl (C=O) groups excluding carboxylic acids is 1. The first-order valence-electron chi connectivity index (χ1n) is 8.41. The van der Waals surface area contributed by atoms with Crippen LogP contribution in [0.25, 0.3) is 0 Å². The zero-order valence-electron chi connectivity index (χ0n) is 13.6. The van der Waals surface area contributed by atoms with Crippen LogP contribution < -0.4 is 0 Å². The largest absolute Gasteiger partial charge is 0.335 e. The molecule has 0 spiro atoms. The number of nitrogens with zero attached hydrogens (tertiary/aromatic N) is 1. The minimum absolute atomic E-state index is 0.120. The van der Waals surface area contributed by atoms with E-state index in [1.54, 1.807) is 12.1 Å². The molecule has 1 fully saturated rings. The molecule has 1 amide bonds. The third kappa shape index (κ3) is 4.57. The van der Waals surface area contributed by atoms with Crippen LogP contribution in [0.5, 0.6) is 0 Å². The van der Waals surface area contributed by atoms with Gasteiger partial charge in [0.15, 0.2) is 0 Å². The van der Waals surface area contributed by atoms with Crippen molar-refractivity contribution in [2.75, 3.05) is 0 Å². The summed E-state index contributed by atoms with van der Waals surface area (Å²) in [5.41, 5.74) is 1.77. The Balaban J connectivity index is 1.55. The Morgan fingerprint density at radius 3 is 2.50 bits per heavy atom. The van der Waals surface area contributed by atoms with Gasteiger partial charge in [-0.1, -0.05) is 41.9 Å². The average molecular weight is 346 g/mol. The molecule has 0 unspecified atom stereocenters. The average Bonchev–Trinajstić information content (AvgIpc) is 3.40. The van der Waals surface area contributed by atoms with Crippen LogP contribution in [0, 0.1) is 5.82 Å². The Kier molecular flexibility index (Phi) is 5.52. The lowest BCUT2D eigenvalue weighted by atomic mass is 10.1. The molecule has 126 valence electrons. The number of rotatable bonds is 7. The van der Waals surface area contributed by atoms with Gasteiger partial charge in [0.25, 0.3) is 0 Å². The van der Waals surface area contributed by atoms with Gasteiger partial charge in [0.1, 0.15) is 5.82 Å². The first kappa shape index (κ1) is 17.0. The molecule has 0 aliphatic heterocycles. The Hall–Kier alpha value is -1.87.